The van der Waals surface area contributed by atoms with Crippen LogP contribution in [0.4, 0.5) is 11.4 Å². The number of piperidine rings is 1. The van der Waals surface area contributed by atoms with Crippen molar-refractivity contribution in [1.29, 1.82) is 0 Å². The molecule has 134 valence electrons. The Morgan fingerprint density at radius 3 is 2.69 bits per heavy atom. The molecule has 1 N–H and O–H groups in total. The van der Waals surface area contributed by atoms with Crippen LogP contribution in [-0.4, -0.2) is 36.5 Å². The summed E-state index contributed by atoms with van der Waals surface area (Å²) in [4.78, 5) is 29.5. The summed E-state index contributed by atoms with van der Waals surface area (Å²) in [6.45, 7) is 0.805. The molecule has 2 aromatic carbocycles. The second-order valence-corrected chi connectivity index (χ2v) is 7.69. The molecule has 1 saturated heterocycles. The van der Waals surface area contributed by atoms with E-state index in [1.165, 1.54) is 0 Å². The maximum Gasteiger partial charge on any atom is 0.257 e. The first-order valence-electron chi connectivity index (χ1n) is 8.79. The summed E-state index contributed by atoms with van der Waals surface area (Å²) in [5.41, 5.74) is 2.79. The summed E-state index contributed by atoms with van der Waals surface area (Å²) in [6.07, 6.45) is 3.24. The minimum absolute atomic E-state index is 0.0719. The first-order valence-corrected chi connectivity index (χ1v) is 9.58. The van der Waals surface area contributed by atoms with E-state index in [0.717, 1.165) is 41.7 Å². The van der Waals surface area contributed by atoms with E-state index in [2.05, 4.69) is 26.1 Å². The van der Waals surface area contributed by atoms with Crippen molar-refractivity contribution < 1.29 is 9.59 Å². The first kappa shape index (κ1) is 17.1. The van der Waals surface area contributed by atoms with Crippen molar-refractivity contribution in [1.82, 2.24) is 4.90 Å². The number of carbonyl (C=O) groups excluding carboxylic acids is 2. The average Bonchev–Trinajstić information content (AvgIpc) is 2.67. The van der Waals surface area contributed by atoms with Gasteiger partial charge in [0.25, 0.3) is 11.8 Å². The highest BCUT2D eigenvalue weighted by atomic mass is 79.9. The lowest BCUT2D eigenvalue weighted by molar-refractivity contribution is 0.0589. The van der Waals surface area contributed by atoms with Crippen molar-refractivity contribution in [3.8, 4) is 0 Å². The summed E-state index contributed by atoms with van der Waals surface area (Å²) in [7, 11) is 2.00. The number of hydrogen-bond acceptors (Lipinski definition) is 3. The van der Waals surface area contributed by atoms with Crippen LogP contribution in [0.1, 0.15) is 40.0 Å². The van der Waals surface area contributed by atoms with Crippen molar-refractivity contribution in [3.05, 3.63) is 58.1 Å². The number of halogens is 1. The predicted octanol–water partition coefficient (Wildman–Crippen LogP) is 4.10. The molecule has 5 nitrogen and oxygen atoms in total. The second kappa shape index (κ2) is 6.76. The van der Waals surface area contributed by atoms with E-state index in [9.17, 15) is 9.59 Å². The largest absolute Gasteiger partial charge is 0.354 e. The Morgan fingerprint density at radius 2 is 1.92 bits per heavy atom. The number of nitrogens with one attached hydrogen (secondary N) is 1. The smallest absolute Gasteiger partial charge is 0.257 e. The lowest BCUT2D eigenvalue weighted by Crippen LogP contribution is -2.55. The van der Waals surface area contributed by atoms with E-state index in [1.54, 1.807) is 12.1 Å². The lowest BCUT2D eigenvalue weighted by Gasteiger charge is -2.46. The molecule has 6 heteroatoms. The van der Waals surface area contributed by atoms with Crippen LogP contribution < -0.4 is 10.2 Å². The number of benzene rings is 2. The molecular weight excluding hydrogens is 394 g/mol. The zero-order valence-electron chi connectivity index (χ0n) is 14.5. The molecule has 2 aliphatic rings. The molecule has 0 radical (unpaired) electrons. The topological polar surface area (TPSA) is 52.7 Å². The maximum atomic E-state index is 12.8. The molecule has 0 unspecified atom stereocenters. The highest BCUT2D eigenvalue weighted by Crippen LogP contribution is 2.34. The summed E-state index contributed by atoms with van der Waals surface area (Å²) < 4.78 is 0.960. The number of carbonyl (C=O) groups is 2. The average molecular weight is 414 g/mol. The summed E-state index contributed by atoms with van der Waals surface area (Å²) >= 11 is 3.38. The quantitative estimate of drug-likeness (QED) is 0.805. The Labute approximate surface area is 161 Å². The molecule has 0 bridgehead atoms. The van der Waals surface area contributed by atoms with Gasteiger partial charge in [0.2, 0.25) is 0 Å². The Morgan fingerprint density at radius 1 is 1.15 bits per heavy atom. The molecule has 1 atom stereocenters. The van der Waals surface area contributed by atoms with Crippen molar-refractivity contribution in [3.63, 3.8) is 0 Å². The minimum atomic E-state index is -0.179. The predicted molar refractivity (Wildman–Crippen MR) is 106 cm³/mol. The van der Waals surface area contributed by atoms with Crippen LogP contribution in [0.2, 0.25) is 0 Å². The van der Waals surface area contributed by atoms with Gasteiger partial charge in [-0.25, -0.2) is 0 Å². The molecule has 0 spiro atoms. The zero-order valence-corrected chi connectivity index (χ0v) is 16.1. The molecule has 2 aromatic rings. The lowest BCUT2D eigenvalue weighted by atomic mass is 9.97. The molecule has 26 heavy (non-hydrogen) atoms. The van der Waals surface area contributed by atoms with Crippen LogP contribution in [0.15, 0.2) is 46.9 Å². The van der Waals surface area contributed by atoms with Gasteiger partial charge >= 0.3 is 0 Å². The first-order chi connectivity index (χ1) is 12.5. The van der Waals surface area contributed by atoms with E-state index < -0.39 is 0 Å². The van der Waals surface area contributed by atoms with E-state index in [-0.39, 0.29) is 18.0 Å². The fourth-order valence-electron chi connectivity index (χ4n) is 3.75. The van der Waals surface area contributed by atoms with Gasteiger partial charge in [0.1, 0.15) is 6.17 Å². The third kappa shape index (κ3) is 2.98. The Kier molecular flexibility index (Phi) is 4.44. The van der Waals surface area contributed by atoms with Crippen molar-refractivity contribution in [2.45, 2.75) is 25.4 Å². The summed E-state index contributed by atoms with van der Waals surface area (Å²) in [5, 5.41) is 2.90. The van der Waals surface area contributed by atoms with Crippen LogP contribution in [0.5, 0.6) is 0 Å². The molecular formula is C20H20BrN3O2. The van der Waals surface area contributed by atoms with Crippen LogP contribution in [0.3, 0.4) is 0 Å². The Balaban J connectivity index is 1.62. The molecule has 2 aliphatic heterocycles. The molecule has 4 rings (SSSR count). The third-order valence-corrected chi connectivity index (χ3v) is 5.68. The van der Waals surface area contributed by atoms with Gasteiger partial charge in [-0.1, -0.05) is 15.9 Å². The third-order valence-electron chi connectivity index (χ3n) is 5.15. The molecule has 0 aliphatic carbocycles. The molecule has 1 fully saturated rings. The second-order valence-electron chi connectivity index (χ2n) is 6.78. The number of anilines is 2. The van der Waals surface area contributed by atoms with E-state index in [1.807, 2.05) is 42.3 Å². The standard InChI is InChI=1S/C20H20BrN3O2/c1-23-17-12-13(19(25)22-15-8-6-14(21)7-9-15)5-10-16(17)20(26)24-11-3-2-4-18(23)24/h5-10,12,18H,2-4,11H2,1H3,(H,22,25)/t18-/m0/s1. The van der Waals surface area contributed by atoms with Gasteiger partial charge in [0, 0.05) is 29.3 Å². The van der Waals surface area contributed by atoms with Crippen LogP contribution in [0.25, 0.3) is 0 Å². The highest BCUT2D eigenvalue weighted by Gasteiger charge is 2.37. The van der Waals surface area contributed by atoms with Gasteiger partial charge in [-0.2, -0.15) is 0 Å². The summed E-state index contributed by atoms with van der Waals surface area (Å²) in [6, 6.07) is 12.8. The molecule has 0 saturated carbocycles. The van der Waals surface area contributed by atoms with Crippen molar-refractivity contribution in [2.24, 2.45) is 0 Å². The normalized spacial score (nSPS) is 19.0. The molecule has 2 heterocycles. The fraction of sp³-hybridized carbons (Fsp3) is 0.300. The zero-order chi connectivity index (χ0) is 18.3. The van der Waals surface area contributed by atoms with Crippen LogP contribution >= 0.6 is 15.9 Å². The fourth-order valence-corrected chi connectivity index (χ4v) is 4.02. The number of rotatable bonds is 2. The number of amides is 2. The van der Waals surface area contributed by atoms with Gasteiger partial charge in [-0.3, -0.25) is 9.59 Å². The monoisotopic (exact) mass is 413 g/mol. The van der Waals surface area contributed by atoms with E-state index >= 15 is 0 Å². The Hall–Kier alpha value is -2.34. The number of fused-ring (bicyclic) bond motifs is 2. The van der Waals surface area contributed by atoms with Crippen LogP contribution in [-0.2, 0) is 0 Å². The van der Waals surface area contributed by atoms with Crippen LogP contribution in [0, 0.1) is 0 Å². The van der Waals surface area contributed by atoms with Gasteiger partial charge in [-0.05, 0) is 61.7 Å². The van der Waals surface area contributed by atoms with Gasteiger partial charge in [0.15, 0.2) is 0 Å². The van der Waals surface area contributed by atoms with Gasteiger partial charge in [0.05, 0.1) is 11.3 Å². The number of hydrogen-bond donors (Lipinski definition) is 1. The minimum Gasteiger partial charge on any atom is -0.354 e. The SMILES string of the molecule is CN1c2cc(C(=O)Nc3ccc(Br)cc3)ccc2C(=O)N2CCCC[C@H]21. The van der Waals surface area contributed by atoms with E-state index in [0.29, 0.717) is 11.1 Å². The summed E-state index contributed by atoms with van der Waals surface area (Å²) in [5.74, 6) is -0.107. The molecule has 2 amide bonds. The van der Waals surface area contributed by atoms with Gasteiger partial charge in [-0.15, -0.1) is 0 Å². The van der Waals surface area contributed by atoms with Gasteiger partial charge < -0.3 is 15.1 Å². The molecule has 0 aromatic heterocycles. The van der Waals surface area contributed by atoms with Crippen molar-refractivity contribution in [2.75, 3.05) is 23.8 Å². The highest BCUT2D eigenvalue weighted by molar-refractivity contribution is 9.10. The number of nitrogens with zero attached hydrogens (tertiary/aromatic N) is 2. The maximum absolute atomic E-state index is 12.8. The van der Waals surface area contributed by atoms with Crippen molar-refractivity contribution >= 4 is 39.1 Å². The Bertz CT molecular complexity index is 866. The van der Waals surface area contributed by atoms with E-state index in [4.69, 9.17) is 0 Å².